The van der Waals surface area contributed by atoms with Gasteiger partial charge in [0, 0.05) is 6.04 Å². The van der Waals surface area contributed by atoms with Crippen LogP contribution in [-0.2, 0) is 0 Å². The molecule has 0 rings (SSSR count). The lowest BCUT2D eigenvalue weighted by atomic mass is 10.1. The van der Waals surface area contributed by atoms with Crippen LogP contribution in [-0.4, -0.2) is 31.1 Å². The third-order valence-corrected chi connectivity index (χ3v) is 2.43. The van der Waals surface area contributed by atoms with Gasteiger partial charge in [-0.25, -0.2) is 0 Å². The Labute approximate surface area is 77.1 Å². The van der Waals surface area contributed by atoms with E-state index in [1.165, 1.54) is 19.3 Å². The minimum absolute atomic E-state index is 0.765. The SMILES string of the molecule is CCCC(CC)N(C)CCCN. The van der Waals surface area contributed by atoms with Crippen molar-refractivity contribution in [1.82, 2.24) is 4.90 Å². The van der Waals surface area contributed by atoms with Gasteiger partial charge in [0.25, 0.3) is 0 Å². The van der Waals surface area contributed by atoms with Crippen molar-refractivity contribution in [3.63, 3.8) is 0 Å². The summed E-state index contributed by atoms with van der Waals surface area (Å²) in [5.74, 6) is 0. The third kappa shape index (κ3) is 4.73. The maximum Gasteiger partial charge on any atom is 0.00894 e. The Hall–Kier alpha value is -0.0800. The van der Waals surface area contributed by atoms with Crippen LogP contribution in [0, 0.1) is 0 Å². The van der Waals surface area contributed by atoms with Crippen LogP contribution in [0.2, 0.25) is 0 Å². The smallest absolute Gasteiger partial charge is 0.00894 e. The van der Waals surface area contributed by atoms with Crippen LogP contribution in [0.1, 0.15) is 39.5 Å². The molecule has 0 bridgehead atoms. The van der Waals surface area contributed by atoms with Crippen molar-refractivity contribution in [2.24, 2.45) is 5.73 Å². The summed E-state index contributed by atoms with van der Waals surface area (Å²) < 4.78 is 0. The fourth-order valence-electron chi connectivity index (χ4n) is 1.59. The fraction of sp³-hybridized carbons (Fsp3) is 1.00. The number of hydrogen-bond donors (Lipinski definition) is 1. The molecule has 0 radical (unpaired) electrons. The van der Waals surface area contributed by atoms with Crippen molar-refractivity contribution in [3.05, 3.63) is 0 Å². The third-order valence-electron chi connectivity index (χ3n) is 2.43. The Kier molecular flexibility index (Phi) is 7.51. The Balaban J connectivity index is 3.60. The zero-order valence-electron chi connectivity index (χ0n) is 8.84. The molecule has 12 heavy (non-hydrogen) atoms. The molecule has 0 heterocycles. The Morgan fingerprint density at radius 1 is 1.33 bits per heavy atom. The lowest BCUT2D eigenvalue weighted by Crippen LogP contribution is -2.32. The van der Waals surface area contributed by atoms with Gasteiger partial charge in [0.1, 0.15) is 0 Å². The normalized spacial score (nSPS) is 13.8. The van der Waals surface area contributed by atoms with Crippen LogP contribution in [0.15, 0.2) is 0 Å². The van der Waals surface area contributed by atoms with Gasteiger partial charge in [0.2, 0.25) is 0 Å². The molecule has 0 spiro atoms. The largest absolute Gasteiger partial charge is 0.330 e. The van der Waals surface area contributed by atoms with Gasteiger partial charge < -0.3 is 10.6 Å². The molecule has 1 atom stereocenters. The minimum Gasteiger partial charge on any atom is -0.330 e. The van der Waals surface area contributed by atoms with Crippen LogP contribution in [0.25, 0.3) is 0 Å². The van der Waals surface area contributed by atoms with Gasteiger partial charge in [-0.2, -0.15) is 0 Å². The van der Waals surface area contributed by atoms with Crippen LogP contribution >= 0.6 is 0 Å². The van der Waals surface area contributed by atoms with E-state index in [-0.39, 0.29) is 0 Å². The molecule has 0 aliphatic carbocycles. The van der Waals surface area contributed by atoms with Gasteiger partial charge >= 0.3 is 0 Å². The summed E-state index contributed by atoms with van der Waals surface area (Å²) in [5, 5.41) is 0. The van der Waals surface area contributed by atoms with Crippen molar-refractivity contribution in [2.75, 3.05) is 20.1 Å². The summed E-state index contributed by atoms with van der Waals surface area (Å²) in [4.78, 5) is 2.44. The molecule has 0 aromatic carbocycles. The molecule has 0 saturated heterocycles. The highest BCUT2D eigenvalue weighted by molar-refractivity contribution is 4.66. The summed E-state index contributed by atoms with van der Waals surface area (Å²) in [6.07, 6.45) is 4.98. The maximum atomic E-state index is 5.47. The zero-order valence-corrected chi connectivity index (χ0v) is 8.84. The molecule has 0 amide bonds. The highest BCUT2D eigenvalue weighted by Crippen LogP contribution is 2.08. The van der Waals surface area contributed by atoms with Gasteiger partial charge in [-0.3, -0.25) is 0 Å². The Morgan fingerprint density at radius 2 is 2.00 bits per heavy atom. The fourth-order valence-corrected chi connectivity index (χ4v) is 1.59. The van der Waals surface area contributed by atoms with Gasteiger partial charge in [-0.1, -0.05) is 20.3 Å². The van der Waals surface area contributed by atoms with E-state index in [1.54, 1.807) is 0 Å². The maximum absolute atomic E-state index is 5.47. The Morgan fingerprint density at radius 3 is 2.42 bits per heavy atom. The first-order valence-electron chi connectivity index (χ1n) is 5.16. The molecular formula is C10H24N2. The molecule has 0 fully saturated rings. The highest BCUT2D eigenvalue weighted by atomic mass is 15.1. The highest BCUT2D eigenvalue weighted by Gasteiger charge is 2.09. The predicted octanol–water partition coefficient (Wildman–Crippen LogP) is 1.85. The average molecular weight is 172 g/mol. The molecule has 0 aromatic heterocycles. The summed E-state index contributed by atoms with van der Waals surface area (Å²) in [6.45, 7) is 6.47. The second-order valence-electron chi connectivity index (χ2n) is 3.47. The van der Waals surface area contributed by atoms with Crippen molar-refractivity contribution in [3.8, 4) is 0 Å². The molecule has 2 N–H and O–H groups in total. The second-order valence-corrected chi connectivity index (χ2v) is 3.47. The number of rotatable bonds is 7. The van der Waals surface area contributed by atoms with Crippen molar-refractivity contribution < 1.29 is 0 Å². The van der Waals surface area contributed by atoms with Crippen LogP contribution in [0.4, 0.5) is 0 Å². The lowest BCUT2D eigenvalue weighted by molar-refractivity contribution is 0.221. The summed E-state index contributed by atoms with van der Waals surface area (Å²) in [6, 6.07) is 0.765. The van der Waals surface area contributed by atoms with Gasteiger partial charge in [-0.05, 0) is 39.4 Å². The first kappa shape index (κ1) is 11.9. The van der Waals surface area contributed by atoms with Gasteiger partial charge in [0.15, 0.2) is 0 Å². The van der Waals surface area contributed by atoms with E-state index >= 15 is 0 Å². The minimum atomic E-state index is 0.765. The molecule has 2 nitrogen and oxygen atoms in total. The number of nitrogens with zero attached hydrogens (tertiary/aromatic N) is 1. The summed E-state index contributed by atoms with van der Waals surface area (Å²) in [7, 11) is 2.21. The first-order chi connectivity index (χ1) is 5.76. The Bertz CT molecular complexity index is 93.8. The van der Waals surface area contributed by atoms with Gasteiger partial charge in [0.05, 0.1) is 0 Å². The van der Waals surface area contributed by atoms with E-state index in [4.69, 9.17) is 5.73 Å². The van der Waals surface area contributed by atoms with Crippen molar-refractivity contribution in [2.45, 2.75) is 45.6 Å². The van der Waals surface area contributed by atoms with E-state index in [9.17, 15) is 0 Å². The van der Waals surface area contributed by atoms with E-state index in [0.717, 1.165) is 25.6 Å². The first-order valence-corrected chi connectivity index (χ1v) is 5.16. The van der Waals surface area contributed by atoms with Crippen molar-refractivity contribution in [1.29, 1.82) is 0 Å². The number of nitrogens with two attached hydrogens (primary N) is 1. The van der Waals surface area contributed by atoms with E-state index < -0.39 is 0 Å². The quantitative estimate of drug-likeness (QED) is 0.635. The summed E-state index contributed by atoms with van der Waals surface area (Å²) >= 11 is 0. The second kappa shape index (κ2) is 7.56. The molecule has 1 unspecified atom stereocenters. The zero-order chi connectivity index (χ0) is 9.40. The summed E-state index contributed by atoms with van der Waals surface area (Å²) in [5.41, 5.74) is 5.47. The molecule has 0 aliphatic rings. The number of hydrogen-bond acceptors (Lipinski definition) is 2. The van der Waals surface area contributed by atoms with E-state index in [1.807, 2.05) is 0 Å². The van der Waals surface area contributed by atoms with Crippen LogP contribution < -0.4 is 5.73 Å². The van der Waals surface area contributed by atoms with E-state index in [0.29, 0.717) is 0 Å². The van der Waals surface area contributed by atoms with Crippen LogP contribution in [0.5, 0.6) is 0 Å². The monoisotopic (exact) mass is 172 g/mol. The molecule has 0 saturated carbocycles. The van der Waals surface area contributed by atoms with Crippen LogP contribution in [0.3, 0.4) is 0 Å². The standard InChI is InChI=1S/C10H24N2/c1-4-7-10(5-2)12(3)9-6-8-11/h10H,4-9,11H2,1-3H3. The predicted molar refractivity (Wildman–Crippen MR) is 55.3 cm³/mol. The molecule has 0 aliphatic heterocycles. The molecule has 74 valence electrons. The van der Waals surface area contributed by atoms with E-state index in [2.05, 4.69) is 25.8 Å². The topological polar surface area (TPSA) is 29.3 Å². The van der Waals surface area contributed by atoms with Crippen molar-refractivity contribution >= 4 is 0 Å². The lowest BCUT2D eigenvalue weighted by Gasteiger charge is -2.26. The molecule has 2 heteroatoms. The molecular weight excluding hydrogens is 148 g/mol. The average Bonchev–Trinajstić information content (AvgIpc) is 2.10. The molecule has 0 aromatic rings. The van der Waals surface area contributed by atoms with Gasteiger partial charge in [-0.15, -0.1) is 0 Å².